The number of amides is 1. The van der Waals surface area contributed by atoms with Crippen molar-refractivity contribution in [2.24, 2.45) is 5.73 Å². The standard InChI is InChI=1S/C24H24N2O2S/c25-15-17-6-7-20-19(14-17)24(16-28-20)10-12-26(13-11-24)23(27)22-9-8-21(29-22)18-4-2-1-3-5-18/h1-9,14H,10-13,15-16,25H2. The smallest absolute Gasteiger partial charge is 0.263 e. The van der Waals surface area contributed by atoms with Gasteiger partial charge >= 0.3 is 0 Å². The summed E-state index contributed by atoms with van der Waals surface area (Å²) >= 11 is 1.58. The number of thiophene rings is 1. The van der Waals surface area contributed by atoms with Crippen LogP contribution in [0.25, 0.3) is 10.4 Å². The summed E-state index contributed by atoms with van der Waals surface area (Å²) in [6, 6.07) is 20.5. The van der Waals surface area contributed by atoms with Crippen LogP contribution in [-0.4, -0.2) is 30.5 Å². The summed E-state index contributed by atoms with van der Waals surface area (Å²) in [6.45, 7) is 2.76. The Labute approximate surface area is 174 Å². The van der Waals surface area contributed by atoms with Gasteiger partial charge in [0.05, 0.1) is 11.5 Å². The highest BCUT2D eigenvalue weighted by molar-refractivity contribution is 7.17. The summed E-state index contributed by atoms with van der Waals surface area (Å²) < 4.78 is 5.98. The summed E-state index contributed by atoms with van der Waals surface area (Å²) in [4.78, 5) is 17.0. The van der Waals surface area contributed by atoms with E-state index in [9.17, 15) is 4.79 Å². The van der Waals surface area contributed by atoms with Gasteiger partial charge in [0.1, 0.15) is 5.75 Å². The molecule has 1 saturated heterocycles. The monoisotopic (exact) mass is 404 g/mol. The van der Waals surface area contributed by atoms with Gasteiger partial charge < -0.3 is 15.4 Å². The molecule has 3 aromatic rings. The fourth-order valence-electron chi connectivity index (χ4n) is 4.46. The minimum Gasteiger partial charge on any atom is -0.492 e. The number of carbonyl (C=O) groups is 1. The predicted molar refractivity (Wildman–Crippen MR) is 116 cm³/mol. The fraction of sp³-hybridized carbons (Fsp3) is 0.292. The summed E-state index contributed by atoms with van der Waals surface area (Å²) in [5.41, 5.74) is 9.42. The molecule has 1 aromatic heterocycles. The molecule has 148 valence electrons. The lowest BCUT2D eigenvalue weighted by molar-refractivity contribution is 0.0651. The third-order valence-corrected chi connectivity index (χ3v) is 7.36. The number of benzene rings is 2. The lowest BCUT2D eigenvalue weighted by Crippen LogP contribution is -2.45. The zero-order chi connectivity index (χ0) is 19.8. The number of nitrogens with zero attached hydrogens (tertiary/aromatic N) is 1. The Morgan fingerprint density at radius 3 is 2.62 bits per heavy atom. The van der Waals surface area contributed by atoms with Gasteiger partial charge in [-0.15, -0.1) is 11.3 Å². The van der Waals surface area contributed by atoms with E-state index in [2.05, 4.69) is 18.2 Å². The molecular weight excluding hydrogens is 380 g/mol. The van der Waals surface area contributed by atoms with Gasteiger partial charge in [0, 0.05) is 35.5 Å². The second-order valence-corrected chi connectivity index (χ2v) is 9.01. The number of carbonyl (C=O) groups excluding carboxylic acids is 1. The molecule has 29 heavy (non-hydrogen) atoms. The number of fused-ring (bicyclic) bond motifs is 2. The summed E-state index contributed by atoms with van der Waals surface area (Å²) in [7, 11) is 0. The van der Waals surface area contributed by atoms with Crippen LogP contribution < -0.4 is 10.5 Å². The Morgan fingerprint density at radius 1 is 1.07 bits per heavy atom. The maximum atomic E-state index is 13.1. The fourth-order valence-corrected chi connectivity index (χ4v) is 5.44. The number of hydrogen-bond donors (Lipinski definition) is 1. The van der Waals surface area contributed by atoms with Gasteiger partial charge in [-0.05, 0) is 42.2 Å². The van der Waals surface area contributed by atoms with E-state index in [4.69, 9.17) is 10.5 Å². The summed E-state index contributed by atoms with van der Waals surface area (Å²) in [6.07, 6.45) is 1.85. The zero-order valence-electron chi connectivity index (χ0n) is 16.3. The van der Waals surface area contributed by atoms with Crippen molar-refractivity contribution in [2.45, 2.75) is 24.8 Å². The Kier molecular flexibility index (Phi) is 4.64. The van der Waals surface area contributed by atoms with E-state index in [1.807, 2.05) is 47.4 Å². The van der Waals surface area contributed by atoms with Gasteiger partial charge in [-0.3, -0.25) is 4.79 Å². The highest BCUT2D eigenvalue weighted by atomic mass is 32.1. The molecule has 0 bridgehead atoms. The molecule has 5 rings (SSSR count). The van der Waals surface area contributed by atoms with Crippen LogP contribution in [0.2, 0.25) is 0 Å². The average Bonchev–Trinajstić information content (AvgIpc) is 3.40. The molecule has 0 atom stereocenters. The van der Waals surface area contributed by atoms with Crippen LogP contribution >= 0.6 is 11.3 Å². The van der Waals surface area contributed by atoms with Crippen molar-refractivity contribution < 1.29 is 9.53 Å². The van der Waals surface area contributed by atoms with Crippen molar-refractivity contribution in [1.29, 1.82) is 0 Å². The SMILES string of the molecule is NCc1ccc2c(c1)C1(CCN(C(=O)c3ccc(-c4ccccc4)s3)CC1)CO2. The molecule has 1 amide bonds. The molecule has 0 radical (unpaired) electrons. The summed E-state index contributed by atoms with van der Waals surface area (Å²) in [5.74, 6) is 1.12. The third-order valence-electron chi connectivity index (χ3n) is 6.24. The van der Waals surface area contributed by atoms with Crippen molar-refractivity contribution in [1.82, 2.24) is 4.90 Å². The predicted octanol–water partition coefficient (Wildman–Crippen LogP) is 4.44. The normalized spacial score (nSPS) is 17.2. The van der Waals surface area contributed by atoms with Crippen molar-refractivity contribution in [2.75, 3.05) is 19.7 Å². The number of nitrogens with two attached hydrogens (primary N) is 1. The molecule has 1 spiro atoms. The molecule has 0 saturated carbocycles. The van der Waals surface area contributed by atoms with E-state index >= 15 is 0 Å². The first kappa shape index (κ1) is 18.4. The van der Waals surface area contributed by atoms with Crippen molar-refractivity contribution in [3.63, 3.8) is 0 Å². The van der Waals surface area contributed by atoms with E-state index < -0.39 is 0 Å². The molecule has 2 aliphatic rings. The largest absolute Gasteiger partial charge is 0.492 e. The highest BCUT2D eigenvalue weighted by Crippen LogP contribution is 2.46. The molecule has 3 heterocycles. The van der Waals surface area contributed by atoms with Crippen LogP contribution in [0.4, 0.5) is 0 Å². The quantitative estimate of drug-likeness (QED) is 0.702. The molecule has 2 aliphatic heterocycles. The highest BCUT2D eigenvalue weighted by Gasteiger charge is 2.44. The van der Waals surface area contributed by atoms with Crippen LogP contribution in [0.5, 0.6) is 5.75 Å². The number of hydrogen-bond acceptors (Lipinski definition) is 4. The van der Waals surface area contributed by atoms with E-state index in [0.29, 0.717) is 13.2 Å². The van der Waals surface area contributed by atoms with Gasteiger partial charge in [-0.2, -0.15) is 0 Å². The number of rotatable bonds is 3. The molecule has 0 aliphatic carbocycles. The van der Waals surface area contributed by atoms with E-state index in [0.717, 1.165) is 52.6 Å². The van der Waals surface area contributed by atoms with Gasteiger partial charge in [-0.1, -0.05) is 42.5 Å². The van der Waals surface area contributed by atoms with Gasteiger partial charge in [0.15, 0.2) is 0 Å². The maximum absolute atomic E-state index is 13.1. The first-order valence-corrected chi connectivity index (χ1v) is 10.9. The number of ether oxygens (including phenoxy) is 1. The van der Waals surface area contributed by atoms with Crippen LogP contribution in [0, 0.1) is 0 Å². The van der Waals surface area contributed by atoms with Crippen LogP contribution in [0.15, 0.2) is 60.7 Å². The molecule has 0 unspecified atom stereocenters. The molecule has 2 aromatic carbocycles. The Hall–Kier alpha value is -2.63. The van der Waals surface area contributed by atoms with Crippen molar-refractivity contribution in [3.8, 4) is 16.2 Å². The number of likely N-dealkylation sites (tertiary alicyclic amines) is 1. The maximum Gasteiger partial charge on any atom is 0.263 e. The van der Waals surface area contributed by atoms with E-state index in [1.165, 1.54) is 5.56 Å². The summed E-state index contributed by atoms with van der Waals surface area (Å²) in [5, 5.41) is 0. The topological polar surface area (TPSA) is 55.6 Å². The second-order valence-electron chi connectivity index (χ2n) is 7.93. The van der Waals surface area contributed by atoms with Crippen molar-refractivity contribution >= 4 is 17.2 Å². The van der Waals surface area contributed by atoms with Gasteiger partial charge in [0.2, 0.25) is 0 Å². The molecule has 4 nitrogen and oxygen atoms in total. The zero-order valence-corrected chi connectivity index (χ0v) is 17.1. The number of piperidine rings is 1. The Morgan fingerprint density at radius 2 is 1.86 bits per heavy atom. The van der Waals surface area contributed by atoms with E-state index in [-0.39, 0.29) is 11.3 Å². The van der Waals surface area contributed by atoms with Crippen LogP contribution in [0.3, 0.4) is 0 Å². The van der Waals surface area contributed by atoms with Gasteiger partial charge in [0.25, 0.3) is 5.91 Å². The molecule has 5 heteroatoms. The lowest BCUT2D eigenvalue weighted by Gasteiger charge is -2.38. The lowest BCUT2D eigenvalue weighted by atomic mass is 9.74. The van der Waals surface area contributed by atoms with E-state index in [1.54, 1.807) is 11.3 Å². The first-order valence-electron chi connectivity index (χ1n) is 10.1. The molecule has 2 N–H and O–H groups in total. The van der Waals surface area contributed by atoms with Crippen LogP contribution in [-0.2, 0) is 12.0 Å². The van der Waals surface area contributed by atoms with Crippen LogP contribution in [0.1, 0.15) is 33.6 Å². The minimum atomic E-state index is 0.0158. The second kappa shape index (κ2) is 7.32. The van der Waals surface area contributed by atoms with Crippen molar-refractivity contribution in [3.05, 3.63) is 76.7 Å². The molecular formula is C24H24N2O2S. The average molecular weight is 405 g/mol. The molecule has 1 fully saturated rings. The Bertz CT molecular complexity index is 1040. The van der Waals surface area contributed by atoms with Gasteiger partial charge in [-0.25, -0.2) is 0 Å². The Balaban J connectivity index is 1.31. The minimum absolute atomic E-state index is 0.0158. The third kappa shape index (κ3) is 3.24. The first-order chi connectivity index (χ1) is 14.2.